The number of rotatable bonds is 5. The zero-order chi connectivity index (χ0) is 17.0. The van der Waals surface area contributed by atoms with Gasteiger partial charge in [-0.05, 0) is 23.8 Å². The Kier molecular flexibility index (Phi) is 5.80. The lowest BCUT2D eigenvalue weighted by Gasteiger charge is -2.38. The molecule has 1 fully saturated rings. The van der Waals surface area contributed by atoms with E-state index in [1.54, 1.807) is 0 Å². The van der Waals surface area contributed by atoms with Gasteiger partial charge in [0.25, 0.3) is 0 Å². The molecule has 0 aliphatic carbocycles. The number of benzene rings is 1. The number of carboxylic acids is 1. The van der Waals surface area contributed by atoms with Crippen LogP contribution >= 0.6 is 0 Å². The van der Waals surface area contributed by atoms with Crippen molar-refractivity contribution in [3.63, 3.8) is 0 Å². The van der Waals surface area contributed by atoms with Crippen LogP contribution in [0, 0.1) is 17.8 Å². The molecule has 0 radical (unpaired) electrons. The van der Waals surface area contributed by atoms with Crippen LogP contribution in [0.2, 0.25) is 0 Å². The maximum atomic E-state index is 13.1. The highest BCUT2D eigenvalue weighted by Gasteiger charge is 2.36. The summed E-state index contributed by atoms with van der Waals surface area (Å²) < 4.78 is 0. The van der Waals surface area contributed by atoms with Gasteiger partial charge in [0.05, 0.1) is 11.8 Å². The summed E-state index contributed by atoms with van der Waals surface area (Å²) >= 11 is 0. The van der Waals surface area contributed by atoms with Crippen LogP contribution in [0.3, 0.4) is 0 Å². The van der Waals surface area contributed by atoms with Crippen molar-refractivity contribution in [2.75, 3.05) is 13.1 Å². The number of carbonyl (C=O) groups excluding carboxylic acids is 1. The second-order valence-electron chi connectivity index (χ2n) is 6.77. The molecule has 4 atom stereocenters. The Hall–Kier alpha value is -1.84. The van der Waals surface area contributed by atoms with Crippen molar-refractivity contribution < 1.29 is 14.7 Å². The summed E-state index contributed by atoms with van der Waals surface area (Å²) in [6, 6.07) is 9.93. The first-order chi connectivity index (χ1) is 11.0. The topological polar surface area (TPSA) is 57.6 Å². The fraction of sp³-hybridized carbons (Fsp3) is 0.579. The second kappa shape index (κ2) is 7.62. The molecular formula is C19H27NO3. The van der Waals surface area contributed by atoms with Crippen LogP contribution in [0.1, 0.15) is 45.1 Å². The number of carbonyl (C=O) groups is 2. The van der Waals surface area contributed by atoms with E-state index in [9.17, 15) is 14.7 Å². The van der Waals surface area contributed by atoms with Crippen molar-refractivity contribution in [3.05, 3.63) is 35.9 Å². The average molecular weight is 317 g/mol. The van der Waals surface area contributed by atoms with Gasteiger partial charge in [-0.2, -0.15) is 0 Å². The van der Waals surface area contributed by atoms with E-state index in [4.69, 9.17) is 0 Å². The van der Waals surface area contributed by atoms with Crippen molar-refractivity contribution in [3.8, 4) is 0 Å². The molecule has 1 aromatic rings. The van der Waals surface area contributed by atoms with Crippen LogP contribution in [0.5, 0.6) is 0 Å². The number of nitrogens with zero attached hydrogens (tertiary/aromatic N) is 1. The summed E-state index contributed by atoms with van der Waals surface area (Å²) in [5.74, 6) is -0.823. The van der Waals surface area contributed by atoms with Crippen LogP contribution in [0.15, 0.2) is 30.3 Å². The Morgan fingerprint density at radius 2 is 1.96 bits per heavy atom. The minimum Gasteiger partial charge on any atom is -0.481 e. The van der Waals surface area contributed by atoms with E-state index in [2.05, 4.69) is 13.8 Å². The number of amides is 1. The van der Waals surface area contributed by atoms with Gasteiger partial charge >= 0.3 is 5.97 Å². The van der Waals surface area contributed by atoms with Crippen molar-refractivity contribution in [1.29, 1.82) is 0 Å². The molecule has 1 amide bonds. The number of hydrogen-bond donors (Lipinski definition) is 1. The molecule has 1 heterocycles. The summed E-state index contributed by atoms with van der Waals surface area (Å²) in [5.41, 5.74) is 1.06. The Morgan fingerprint density at radius 1 is 1.30 bits per heavy atom. The number of likely N-dealkylation sites (tertiary alicyclic amines) is 1. The molecule has 0 saturated carbocycles. The van der Waals surface area contributed by atoms with Crippen LogP contribution in [-0.4, -0.2) is 35.0 Å². The van der Waals surface area contributed by atoms with E-state index in [0.29, 0.717) is 19.5 Å². The molecule has 1 aliphatic heterocycles. The van der Waals surface area contributed by atoms with Crippen molar-refractivity contribution in [2.45, 2.75) is 39.5 Å². The molecule has 1 N–H and O–H groups in total. The Labute approximate surface area is 138 Å². The standard InChI is InChI=1S/C19H27NO3/c1-4-13(2)17(15-8-6-5-7-9-15)18(21)20-11-10-16(19(22)23)14(3)12-20/h5-9,13-14,16-17H,4,10-12H2,1-3H3,(H,22,23). The number of carboxylic acid groups (broad SMARTS) is 1. The molecule has 2 rings (SSSR count). The van der Waals surface area contributed by atoms with Gasteiger partial charge in [-0.3, -0.25) is 9.59 Å². The summed E-state index contributed by atoms with van der Waals surface area (Å²) in [6.45, 7) is 7.23. The van der Waals surface area contributed by atoms with Gasteiger partial charge in [-0.1, -0.05) is 57.5 Å². The molecule has 1 aliphatic rings. The Bertz CT molecular complexity index is 543. The predicted molar refractivity (Wildman–Crippen MR) is 90.1 cm³/mol. The van der Waals surface area contributed by atoms with E-state index >= 15 is 0 Å². The third kappa shape index (κ3) is 3.92. The average Bonchev–Trinajstić information content (AvgIpc) is 2.55. The smallest absolute Gasteiger partial charge is 0.306 e. The predicted octanol–water partition coefficient (Wildman–Crippen LogP) is 3.39. The van der Waals surface area contributed by atoms with Gasteiger partial charge in [-0.15, -0.1) is 0 Å². The van der Waals surface area contributed by atoms with Gasteiger partial charge in [0.15, 0.2) is 0 Å². The quantitative estimate of drug-likeness (QED) is 0.905. The summed E-state index contributed by atoms with van der Waals surface area (Å²) in [5, 5.41) is 9.24. The lowest BCUT2D eigenvalue weighted by molar-refractivity contribution is -0.149. The maximum absolute atomic E-state index is 13.1. The third-order valence-electron chi connectivity index (χ3n) is 5.17. The van der Waals surface area contributed by atoms with Gasteiger partial charge in [-0.25, -0.2) is 0 Å². The lowest BCUT2D eigenvalue weighted by atomic mass is 9.82. The highest BCUT2D eigenvalue weighted by Crippen LogP contribution is 2.32. The van der Waals surface area contributed by atoms with Crippen molar-refractivity contribution in [2.24, 2.45) is 17.8 Å². The summed E-state index contributed by atoms with van der Waals surface area (Å²) in [7, 11) is 0. The molecule has 4 heteroatoms. The summed E-state index contributed by atoms with van der Waals surface area (Å²) in [6.07, 6.45) is 1.48. The molecule has 0 spiro atoms. The van der Waals surface area contributed by atoms with Crippen LogP contribution < -0.4 is 0 Å². The van der Waals surface area contributed by atoms with E-state index in [1.165, 1.54) is 0 Å². The van der Waals surface area contributed by atoms with Gasteiger partial charge < -0.3 is 10.0 Å². The Balaban J connectivity index is 2.17. The maximum Gasteiger partial charge on any atom is 0.306 e. The SMILES string of the molecule is CCC(C)C(C(=O)N1CCC(C(=O)O)C(C)C1)c1ccccc1. The van der Waals surface area contributed by atoms with E-state index in [1.807, 2.05) is 42.2 Å². The first-order valence-corrected chi connectivity index (χ1v) is 8.52. The third-order valence-corrected chi connectivity index (χ3v) is 5.17. The molecule has 4 nitrogen and oxygen atoms in total. The molecule has 1 saturated heterocycles. The van der Waals surface area contributed by atoms with Gasteiger partial charge in [0.2, 0.25) is 5.91 Å². The fourth-order valence-electron chi connectivity index (χ4n) is 3.52. The highest BCUT2D eigenvalue weighted by atomic mass is 16.4. The van der Waals surface area contributed by atoms with Gasteiger partial charge in [0.1, 0.15) is 0 Å². The zero-order valence-corrected chi connectivity index (χ0v) is 14.2. The normalized spacial score (nSPS) is 24.0. The van der Waals surface area contributed by atoms with Crippen molar-refractivity contribution >= 4 is 11.9 Å². The van der Waals surface area contributed by atoms with E-state index in [-0.39, 0.29) is 29.6 Å². The molecule has 0 bridgehead atoms. The molecular weight excluding hydrogens is 290 g/mol. The van der Waals surface area contributed by atoms with E-state index in [0.717, 1.165) is 12.0 Å². The van der Waals surface area contributed by atoms with E-state index < -0.39 is 5.97 Å². The lowest BCUT2D eigenvalue weighted by Crippen LogP contribution is -2.47. The minimum absolute atomic E-state index is 0.00134. The fourth-order valence-corrected chi connectivity index (χ4v) is 3.52. The summed E-state index contributed by atoms with van der Waals surface area (Å²) in [4.78, 5) is 26.2. The monoisotopic (exact) mass is 317 g/mol. The van der Waals surface area contributed by atoms with Crippen LogP contribution in [0.4, 0.5) is 0 Å². The number of piperidine rings is 1. The largest absolute Gasteiger partial charge is 0.481 e. The number of aliphatic carboxylic acids is 1. The molecule has 126 valence electrons. The minimum atomic E-state index is -0.744. The first kappa shape index (κ1) is 17.5. The zero-order valence-electron chi connectivity index (χ0n) is 14.2. The molecule has 4 unspecified atom stereocenters. The van der Waals surface area contributed by atoms with Crippen LogP contribution in [-0.2, 0) is 9.59 Å². The molecule has 0 aromatic heterocycles. The highest BCUT2D eigenvalue weighted by molar-refractivity contribution is 5.84. The second-order valence-corrected chi connectivity index (χ2v) is 6.77. The molecule has 23 heavy (non-hydrogen) atoms. The van der Waals surface area contributed by atoms with Crippen LogP contribution in [0.25, 0.3) is 0 Å². The molecule has 1 aromatic carbocycles. The van der Waals surface area contributed by atoms with Crippen molar-refractivity contribution in [1.82, 2.24) is 4.90 Å². The number of hydrogen-bond acceptors (Lipinski definition) is 2. The first-order valence-electron chi connectivity index (χ1n) is 8.52. The Morgan fingerprint density at radius 3 is 2.48 bits per heavy atom. The van der Waals surface area contributed by atoms with Gasteiger partial charge in [0, 0.05) is 13.1 Å².